The number of aliphatic hydroxyl groups is 8. The van der Waals surface area contributed by atoms with Crippen molar-refractivity contribution in [3.8, 4) is 0 Å². The summed E-state index contributed by atoms with van der Waals surface area (Å²) in [6, 6.07) is -2.01. The summed E-state index contributed by atoms with van der Waals surface area (Å²) >= 11 is 0. The van der Waals surface area contributed by atoms with Crippen LogP contribution in [0.2, 0.25) is 0 Å². The van der Waals surface area contributed by atoms with Gasteiger partial charge in [0.1, 0.15) is 60.9 Å². The molecule has 1 aromatic rings. The van der Waals surface area contributed by atoms with Crippen LogP contribution in [0.15, 0.2) is 34.0 Å². The van der Waals surface area contributed by atoms with Crippen molar-refractivity contribution in [1.29, 1.82) is 0 Å². The molecule has 0 spiro atoms. The number of carbonyl (C=O) groups excluding carboxylic acids is 2. The van der Waals surface area contributed by atoms with E-state index >= 15 is 0 Å². The minimum atomic E-state index is -1.85. The molecular formula is C38H62N4O16. The summed E-state index contributed by atoms with van der Waals surface area (Å²) in [6.07, 6.45) is -8.97. The first kappa shape index (κ1) is 47.6. The topological polar surface area (TPSA) is 312 Å². The van der Waals surface area contributed by atoms with Crippen LogP contribution in [0, 0.1) is 5.92 Å². The Hall–Kier alpha value is -3.12. The normalized spacial score (nSPS) is 34.7. The van der Waals surface area contributed by atoms with E-state index in [0.29, 0.717) is 12.3 Å². The number of hydrogen-bond acceptors (Lipinski definition) is 16. The van der Waals surface area contributed by atoms with Gasteiger partial charge in [-0.15, -0.1) is 0 Å². The van der Waals surface area contributed by atoms with E-state index in [-0.39, 0.29) is 0 Å². The number of unbranched alkanes of at least 4 members (excludes halogenated alkanes) is 7. The predicted molar refractivity (Wildman–Crippen MR) is 202 cm³/mol. The Kier molecular flexibility index (Phi) is 18.4. The van der Waals surface area contributed by atoms with Crippen LogP contribution in [0.3, 0.4) is 0 Å². The molecule has 4 heterocycles. The minimum absolute atomic E-state index is 0.598. The highest BCUT2D eigenvalue weighted by molar-refractivity contribution is 5.87. The maximum absolute atomic E-state index is 13.1. The Morgan fingerprint density at radius 1 is 0.828 bits per heavy atom. The Balaban J connectivity index is 1.46. The Morgan fingerprint density at radius 2 is 1.41 bits per heavy atom. The molecule has 0 radical (unpaired) electrons. The number of aromatic amines is 1. The van der Waals surface area contributed by atoms with E-state index in [4.69, 9.17) is 18.9 Å². The molecule has 20 heteroatoms. The van der Waals surface area contributed by atoms with Crippen molar-refractivity contribution < 1.29 is 69.4 Å². The Morgan fingerprint density at radius 3 is 2.02 bits per heavy atom. The zero-order chi connectivity index (χ0) is 42.7. The van der Waals surface area contributed by atoms with Gasteiger partial charge in [-0.2, -0.15) is 0 Å². The van der Waals surface area contributed by atoms with Crippen LogP contribution in [0.25, 0.3) is 0 Å². The monoisotopic (exact) mass is 830 g/mol. The molecule has 1 aromatic heterocycles. The lowest BCUT2D eigenvalue weighted by atomic mass is 9.91. The van der Waals surface area contributed by atoms with E-state index in [1.54, 1.807) is 6.08 Å². The second-order valence-electron chi connectivity index (χ2n) is 15.8. The van der Waals surface area contributed by atoms with Gasteiger partial charge in [0.25, 0.3) is 5.56 Å². The van der Waals surface area contributed by atoms with Crippen LogP contribution < -0.4 is 21.9 Å². The molecule has 330 valence electrons. The van der Waals surface area contributed by atoms with Crippen LogP contribution >= 0.6 is 0 Å². The molecule has 0 aromatic carbocycles. The Bertz CT molecular complexity index is 1590. The number of aliphatic hydroxyl groups excluding tert-OH is 8. The minimum Gasteiger partial charge on any atom is -0.394 e. The van der Waals surface area contributed by atoms with Crippen molar-refractivity contribution in [3.05, 3.63) is 45.3 Å². The van der Waals surface area contributed by atoms with E-state index in [2.05, 4.69) is 24.5 Å². The molecule has 0 aliphatic carbocycles. The number of aromatic nitrogens is 2. The molecule has 4 rings (SSSR count). The number of nitrogens with one attached hydrogen (secondary N) is 3. The van der Waals surface area contributed by atoms with E-state index in [9.17, 15) is 60.0 Å². The summed E-state index contributed by atoms with van der Waals surface area (Å²) < 4.78 is 24.1. The first-order chi connectivity index (χ1) is 27.5. The van der Waals surface area contributed by atoms with E-state index in [1.165, 1.54) is 31.8 Å². The zero-order valence-electron chi connectivity index (χ0n) is 33.1. The second-order valence-corrected chi connectivity index (χ2v) is 15.8. The average molecular weight is 831 g/mol. The van der Waals surface area contributed by atoms with E-state index in [1.807, 2.05) is 4.98 Å². The first-order valence-corrected chi connectivity index (χ1v) is 20.1. The van der Waals surface area contributed by atoms with E-state index in [0.717, 1.165) is 49.4 Å². The van der Waals surface area contributed by atoms with Gasteiger partial charge in [0, 0.05) is 25.6 Å². The van der Waals surface area contributed by atoms with Gasteiger partial charge in [0.2, 0.25) is 11.8 Å². The number of hydrogen-bond donors (Lipinski definition) is 11. The number of nitrogens with zero attached hydrogens (tertiary/aromatic N) is 1. The van der Waals surface area contributed by atoms with Gasteiger partial charge in [-0.1, -0.05) is 64.9 Å². The molecule has 3 fully saturated rings. The fourth-order valence-corrected chi connectivity index (χ4v) is 7.45. The SMILES string of the molecule is CC(=O)N[C@H]1[C@H](O[C@H]2O[C@H](CC(O)[C@H]3O[C@@H](n4ccc(=O)[nH]c4=O)[C@H](O)[C@@H]3O)[C@H](O)[C@H](O)[C@H]2NC(=O)/C=C/CCCCCCCCCC(C)C)O[C@H](CO)[C@@H](O)[C@@H]1O. The summed E-state index contributed by atoms with van der Waals surface area (Å²) in [5.41, 5.74) is -1.68. The number of ether oxygens (including phenoxy) is 4. The molecule has 0 bridgehead atoms. The van der Waals surface area contributed by atoms with Crippen molar-refractivity contribution in [1.82, 2.24) is 20.2 Å². The molecule has 0 saturated carbocycles. The maximum atomic E-state index is 13.1. The number of allylic oxidation sites excluding steroid dienone is 1. The standard InChI is InChI=1S/C38H62N4O16/c1-19(2)13-11-9-7-5-4-6-8-10-12-14-24(46)40-27-31(51)28(48)22(55-37(27)58-36-26(39-20(3)44)30(50)29(49)23(18-43)56-36)17-21(45)34-32(52)33(53)35(57-34)42-16-15-25(47)41-38(42)54/h12,14-16,19,21-23,26-37,43,45,48-53H,4-11,13,17-18H2,1-3H3,(H,39,44)(H,40,46)(H,41,47,54)/b14-12+/t21?,22-,23-,26-,27-,28+,29-,30-,31-,32+,33-,34-,35-,36+,37-/m1/s1. The molecule has 3 saturated heterocycles. The molecule has 3 aliphatic rings. The summed E-state index contributed by atoms with van der Waals surface area (Å²) in [6.45, 7) is 4.78. The summed E-state index contributed by atoms with van der Waals surface area (Å²) in [5.74, 6) is -0.641. The van der Waals surface area contributed by atoms with Crippen LogP contribution in [0.1, 0.15) is 91.2 Å². The molecule has 2 amide bonds. The lowest BCUT2D eigenvalue weighted by molar-refractivity contribution is -0.346. The van der Waals surface area contributed by atoms with Crippen LogP contribution in [0.4, 0.5) is 0 Å². The second kappa shape index (κ2) is 22.5. The van der Waals surface area contributed by atoms with Gasteiger partial charge in [-0.3, -0.25) is 23.9 Å². The number of carbonyl (C=O) groups is 2. The van der Waals surface area contributed by atoms with E-state index < -0.39 is 128 Å². The summed E-state index contributed by atoms with van der Waals surface area (Å²) in [5, 5.41) is 91.4. The fraction of sp³-hybridized carbons (Fsp3) is 0.789. The highest BCUT2D eigenvalue weighted by atomic mass is 16.8. The number of amides is 2. The molecule has 15 atom stereocenters. The molecule has 1 unspecified atom stereocenters. The molecule has 11 N–H and O–H groups in total. The van der Waals surface area contributed by atoms with Gasteiger partial charge in [0.05, 0.1) is 18.8 Å². The molecule has 3 aliphatic heterocycles. The zero-order valence-corrected chi connectivity index (χ0v) is 33.1. The van der Waals surface area contributed by atoms with Crippen molar-refractivity contribution >= 4 is 11.8 Å². The molecule has 20 nitrogen and oxygen atoms in total. The maximum Gasteiger partial charge on any atom is 0.330 e. The third-order valence-corrected chi connectivity index (χ3v) is 10.7. The first-order valence-electron chi connectivity index (χ1n) is 20.1. The Labute approximate surface area is 335 Å². The van der Waals surface area contributed by atoms with Gasteiger partial charge >= 0.3 is 5.69 Å². The molecular weight excluding hydrogens is 768 g/mol. The van der Waals surface area contributed by atoms with Crippen LogP contribution in [-0.2, 0) is 28.5 Å². The number of H-pyrrole nitrogens is 1. The third-order valence-electron chi connectivity index (χ3n) is 10.7. The fourth-order valence-electron chi connectivity index (χ4n) is 7.45. The van der Waals surface area contributed by atoms with Crippen molar-refractivity contribution in [2.24, 2.45) is 5.92 Å². The lowest BCUT2D eigenvalue weighted by Gasteiger charge is -2.47. The summed E-state index contributed by atoms with van der Waals surface area (Å²) in [7, 11) is 0. The highest BCUT2D eigenvalue weighted by Crippen LogP contribution is 2.34. The van der Waals surface area contributed by atoms with Gasteiger partial charge in [-0.25, -0.2) is 4.79 Å². The highest BCUT2D eigenvalue weighted by Gasteiger charge is 2.53. The van der Waals surface area contributed by atoms with Crippen LogP contribution in [-0.4, -0.2) is 155 Å². The van der Waals surface area contributed by atoms with Gasteiger partial charge in [0.15, 0.2) is 18.8 Å². The van der Waals surface area contributed by atoms with Gasteiger partial charge < -0.3 is 70.4 Å². The van der Waals surface area contributed by atoms with Gasteiger partial charge in [-0.05, 0) is 24.8 Å². The smallest absolute Gasteiger partial charge is 0.330 e. The summed E-state index contributed by atoms with van der Waals surface area (Å²) in [4.78, 5) is 51.1. The average Bonchev–Trinajstić information content (AvgIpc) is 3.46. The number of rotatable bonds is 20. The predicted octanol–water partition coefficient (Wildman–Crippen LogP) is -2.48. The van der Waals surface area contributed by atoms with Crippen LogP contribution in [0.5, 0.6) is 0 Å². The van der Waals surface area contributed by atoms with Crippen molar-refractivity contribution in [2.45, 2.75) is 177 Å². The lowest BCUT2D eigenvalue weighted by Crippen LogP contribution is -2.68. The largest absolute Gasteiger partial charge is 0.394 e. The third kappa shape index (κ3) is 12.7. The van der Waals surface area contributed by atoms with Crippen molar-refractivity contribution in [3.63, 3.8) is 0 Å². The quantitative estimate of drug-likeness (QED) is 0.0479. The van der Waals surface area contributed by atoms with Crippen molar-refractivity contribution in [2.75, 3.05) is 6.61 Å². The molecule has 58 heavy (non-hydrogen) atoms.